The van der Waals surface area contributed by atoms with Crippen LogP contribution < -0.4 is 0 Å². The number of hydrogen-bond donors (Lipinski definition) is 2. The minimum atomic E-state index is -1.21. The van der Waals surface area contributed by atoms with Gasteiger partial charge in [-0.3, -0.25) is 10.1 Å². The topological polar surface area (TPSA) is 110 Å². The number of hydrogen-bond acceptors (Lipinski definition) is 6. The molecule has 2 N–H and O–H groups in total. The summed E-state index contributed by atoms with van der Waals surface area (Å²) in [5, 5.41) is 29.0. The SMILES string of the molecule is CCC(O)C(O)=C(CC[N+](=O)[O-])C(=O)OC. The zero-order valence-electron chi connectivity index (χ0n) is 9.17. The zero-order valence-corrected chi connectivity index (χ0v) is 9.17. The minimum Gasteiger partial charge on any atom is -0.509 e. The Hall–Kier alpha value is -1.63. The smallest absolute Gasteiger partial charge is 0.337 e. The summed E-state index contributed by atoms with van der Waals surface area (Å²) in [4.78, 5) is 20.8. The number of carbonyl (C=O) groups excluding carboxylic acids is 1. The summed E-state index contributed by atoms with van der Waals surface area (Å²) in [6.07, 6.45) is -1.28. The van der Waals surface area contributed by atoms with Crippen molar-refractivity contribution >= 4 is 5.97 Å². The first kappa shape index (κ1) is 14.4. The molecule has 1 atom stereocenters. The molecule has 0 rings (SSSR count). The van der Waals surface area contributed by atoms with Crippen molar-refractivity contribution in [2.24, 2.45) is 0 Å². The first-order valence-corrected chi connectivity index (χ1v) is 4.74. The molecule has 0 amide bonds. The molecule has 0 aromatic heterocycles. The molecule has 7 heteroatoms. The van der Waals surface area contributed by atoms with E-state index in [0.29, 0.717) is 0 Å². The van der Waals surface area contributed by atoms with Gasteiger partial charge in [0.05, 0.1) is 12.7 Å². The number of nitro groups is 1. The van der Waals surface area contributed by atoms with E-state index in [-0.39, 0.29) is 18.4 Å². The third-order valence-corrected chi connectivity index (χ3v) is 1.99. The lowest BCUT2D eigenvalue weighted by Crippen LogP contribution is -2.18. The van der Waals surface area contributed by atoms with Crippen LogP contribution in [0.2, 0.25) is 0 Å². The second-order valence-corrected chi connectivity index (χ2v) is 3.09. The van der Waals surface area contributed by atoms with Gasteiger partial charge in [-0.1, -0.05) is 6.92 Å². The van der Waals surface area contributed by atoms with Crippen LogP contribution in [0.4, 0.5) is 0 Å². The van der Waals surface area contributed by atoms with Crippen LogP contribution in [-0.4, -0.2) is 40.9 Å². The number of ether oxygens (including phenoxy) is 1. The van der Waals surface area contributed by atoms with Crippen molar-refractivity contribution in [3.8, 4) is 0 Å². The monoisotopic (exact) mass is 233 g/mol. The van der Waals surface area contributed by atoms with Crippen molar-refractivity contribution in [1.82, 2.24) is 0 Å². The maximum atomic E-state index is 11.2. The highest BCUT2D eigenvalue weighted by Gasteiger charge is 2.21. The molecule has 7 nitrogen and oxygen atoms in total. The predicted molar refractivity (Wildman–Crippen MR) is 54.4 cm³/mol. The lowest BCUT2D eigenvalue weighted by Gasteiger charge is -2.11. The van der Waals surface area contributed by atoms with Crippen molar-refractivity contribution in [3.63, 3.8) is 0 Å². The van der Waals surface area contributed by atoms with E-state index in [2.05, 4.69) is 4.74 Å². The average Bonchev–Trinajstić information content (AvgIpc) is 2.26. The number of methoxy groups -OCH3 is 1. The molecule has 0 fully saturated rings. The summed E-state index contributed by atoms with van der Waals surface area (Å²) in [5.41, 5.74) is -0.256. The van der Waals surface area contributed by atoms with Crippen molar-refractivity contribution in [2.75, 3.05) is 13.7 Å². The lowest BCUT2D eigenvalue weighted by molar-refractivity contribution is -0.479. The Labute approximate surface area is 92.5 Å². The summed E-state index contributed by atoms with van der Waals surface area (Å²) in [5.74, 6) is -1.43. The van der Waals surface area contributed by atoms with Crippen molar-refractivity contribution < 1.29 is 24.7 Å². The fraction of sp³-hybridized carbons (Fsp3) is 0.667. The Morgan fingerprint density at radius 3 is 2.50 bits per heavy atom. The van der Waals surface area contributed by atoms with E-state index in [1.54, 1.807) is 6.92 Å². The Balaban J connectivity index is 4.91. The Morgan fingerprint density at radius 1 is 1.56 bits per heavy atom. The van der Waals surface area contributed by atoms with Crippen LogP contribution in [-0.2, 0) is 9.53 Å². The number of nitrogens with zero attached hydrogens (tertiary/aromatic N) is 1. The summed E-state index contributed by atoms with van der Waals surface area (Å²) < 4.78 is 4.37. The highest BCUT2D eigenvalue weighted by Crippen LogP contribution is 2.14. The summed E-state index contributed by atoms with van der Waals surface area (Å²) in [7, 11) is 1.10. The molecule has 0 bridgehead atoms. The summed E-state index contributed by atoms with van der Waals surface area (Å²) >= 11 is 0. The third-order valence-electron chi connectivity index (χ3n) is 1.99. The predicted octanol–water partition coefficient (Wildman–Crippen LogP) is 0.409. The second kappa shape index (κ2) is 6.78. The van der Waals surface area contributed by atoms with E-state index in [4.69, 9.17) is 0 Å². The average molecular weight is 233 g/mol. The number of aliphatic hydroxyl groups excluding tert-OH is 2. The first-order chi connectivity index (χ1) is 7.43. The molecular weight excluding hydrogens is 218 g/mol. The van der Waals surface area contributed by atoms with Gasteiger partial charge in [0.15, 0.2) is 0 Å². The fourth-order valence-electron chi connectivity index (χ4n) is 1.06. The van der Waals surface area contributed by atoms with Gasteiger partial charge in [-0.2, -0.15) is 0 Å². The lowest BCUT2D eigenvalue weighted by atomic mass is 10.1. The fourth-order valence-corrected chi connectivity index (χ4v) is 1.06. The first-order valence-electron chi connectivity index (χ1n) is 4.74. The molecule has 0 heterocycles. The standard InChI is InChI=1S/C9H15NO6/c1-3-7(11)8(12)6(9(13)16-2)4-5-10(14)15/h7,11-12H,3-5H2,1-2H3. The van der Waals surface area contributed by atoms with E-state index in [1.165, 1.54) is 0 Å². The van der Waals surface area contributed by atoms with E-state index in [9.17, 15) is 25.1 Å². The van der Waals surface area contributed by atoms with Crippen molar-refractivity contribution in [2.45, 2.75) is 25.9 Å². The number of carbonyl (C=O) groups is 1. The largest absolute Gasteiger partial charge is 0.509 e. The maximum Gasteiger partial charge on any atom is 0.337 e. The zero-order chi connectivity index (χ0) is 12.7. The highest BCUT2D eigenvalue weighted by atomic mass is 16.6. The Bertz CT molecular complexity index is 298. The molecular formula is C9H15NO6. The van der Waals surface area contributed by atoms with Gasteiger partial charge in [0.1, 0.15) is 11.9 Å². The van der Waals surface area contributed by atoms with E-state index in [0.717, 1.165) is 7.11 Å². The van der Waals surface area contributed by atoms with Crippen LogP contribution in [0.25, 0.3) is 0 Å². The van der Waals surface area contributed by atoms with Gasteiger partial charge >= 0.3 is 5.97 Å². The highest BCUT2D eigenvalue weighted by molar-refractivity contribution is 5.89. The van der Waals surface area contributed by atoms with E-state index < -0.39 is 29.3 Å². The Kier molecular flexibility index (Phi) is 6.09. The normalized spacial score (nSPS) is 13.9. The molecule has 92 valence electrons. The van der Waals surface area contributed by atoms with Crippen LogP contribution in [0.15, 0.2) is 11.3 Å². The van der Waals surface area contributed by atoms with Crippen LogP contribution in [0.1, 0.15) is 19.8 Å². The van der Waals surface area contributed by atoms with Crippen LogP contribution >= 0.6 is 0 Å². The number of aliphatic hydroxyl groups is 2. The second-order valence-electron chi connectivity index (χ2n) is 3.09. The molecule has 0 aliphatic rings. The molecule has 1 unspecified atom stereocenters. The number of rotatable bonds is 6. The van der Waals surface area contributed by atoms with Crippen LogP contribution in [0.5, 0.6) is 0 Å². The molecule has 0 aliphatic heterocycles. The summed E-state index contributed by atoms with van der Waals surface area (Å²) in [6, 6.07) is 0. The Morgan fingerprint density at radius 2 is 2.12 bits per heavy atom. The molecule has 0 aromatic rings. The molecule has 0 aromatic carbocycles. The van der Waals surface area contributed by atoms with Crippen molar-refractivity contribution in [1.29, 1.82) is 0 Å². The quantitative estimate of drug-likeness (QED) is 0.226. The third kappa shape index (κ3) is 4.26. The van der Waals surface area contributed by atoms with Gasteiger partial charge in [-0.05, 0) is 6.42 Å². The molecule has 0 aliphatic carbocycles. The van der Waals surface area contributed by atoms with E-state index >= 15 is 0 Å². The number of esters is 1. The van der Waals surface area contributed by atoms with Gasteiger partial charge in [0.2, 0.25) is 6.54 Å². The van der Waals surface area contributed by atoms with Gasteiger partial charge in [0.25, 0.3) is 0 Å². The maximum absolute atomic E-state index is 11.2. The van der Waals surface area contributed by atoms with Crippen LogP contribution in [0.3, 0.4) is 0 Å². The molecule has 0 saturated carbocycles. The van der Waals surface area contributed by atoms with Gasteiger partial charge in [-0.15, -0.1) is 0 Å². The molecule has 0 radical (unpaired) electrons. The van der Waals surface area contributed by atoms with Crippen LogP contribution in [0, 0.1) is 10.1 Å². The molecule has 16 heavy (non-hydrogen) atoms. The van der Waals surface area contributed by atoms with Gasteiger partial charge in [-0.25, -0.2) is 4.79 Å². The van der Waals surface area contributed by atoms with Crippen molar-refractivity contribution in [3.05, 3.63) is 21.4 Å². The van der Waals surface area contributed by atoms with Gasteiger partial charge < -0.3 is 14.9 Å². The summed E-state index contributed by atoms with van der Waals surface area (Å²) in [6.45, 7) is 1.09. The van der Waals surface area contributed by atoms with Gasteiger partial charge in [0, 0.05) is 11.3 Å². The van der Waals surface area contributed by atoms with E-state index in [1.807, 2.05) is 0 Å². The molecule has 0 spiro atoms. The molecule has 0 saturated heterocycles. The minimum absolute atomic E-state index is 0.199.